The molecule has 0 aromatic heterocycles. The minimum absolute atomic E-state index is 0.0938. The third-order valence-corrected chi connectivity index (χ3v) is 2.83. The molecule has 94 valence electrons. The van der Waals surface area contributed by atoms with E-state index in [1.165, 1.54) is 25.1 Å². The van der Waals surface area contributed by atoms with Gasteiger partial charge in [0.2, 0.25) is 0 Å². The molecule has 0 heterocycles. The predicted molar refractivity (Wildman–Crippen MR) is 66.0 cm³/mol. The molecule has 2 aromatic carbocycles. The van der Waals surface area contributed by atoms with Gasteiger partial charge in [-0.15, -0.1) is 0 Å². The Hall–Kier alpha value is -1.94. The van der Waals surface area contributed by atoms with Crippen molar-refractivity contribution in [3.8, 4) is 0 Å². The summed E-state index contributed by atoms with van der Waals surface area (Å²) in [5.74, 6) is -1.96. The lowest BCUT2D eigenvalue weighted by molar-refractivity contribution is 0.213. The van der Waals surface area contributed by atoms with Crippen LogP contribution in [0.2, 0.25) is 0 Å². The van der Waals surface area contributed by atoms with Gasteiger partial charge in [0.1, 0.15) is 6.10 Å². The van der Waals surface area contributed by atoms with E-state index in [-0.39, 0.29) is 11.1 Å². The summed E-state index contributed by atoms with van der Waals surface area (Å²) in [5.41, 5.74) is 6.58. The molecule has 2 nitrogen and oxygen atoms in total. The first-order valence-electron chi connectivity index (χ1n) is 5.48. The number of halogens is 2. The normalized spacial score (nSPS) is 12.4. The number of anilines is 1. The van der Waals surface area contributed by atoms with Crippen LogP contribution in [0.15, 0.2) is 36.4 Å². The second-order valence-electron chi connectivity index (χ2n) is 4.17. The summed E-state index contributed by atoms with van der Waals surface area (Å²) in [7, 11) is 0. The molecule has 0 fully saturated rings. The highest BCUT2D eigenvalue weighted by Crippen LogP contribution is 2.27. The monoisotopic (exact) mass is 249 g/mol. The van der Waals surface area contributed by atoms with Crippen molar-refractivity contribution in [3.05, 3.63) is 64.7 Å². The highest BCUT2D eigenvalue weighted by atomic mass is 19.2. The number of rotatable bonds is 2. The van der Waals surface area contributed by atoms with E-state index in [4.69, 9.17) is 5.73 Å². The van der Waals surface area contributed by atoms with Crippen molar-refractivity contribution in [1.82, 2.24) is 0 Å². The van der Waals surface area contributed by atoms with Crippen molar-refractivity contribution in [3.63, 3.8) is 0 Å². The van der Waals surface area contributed by atoms with Gasteiger partial charge in [-0.25, -0.2) is 8.78 Å². The van der Waals surface area contributed by atoms with E-state index in [2.05, 4.69) is 0 Å². The SMILES string of the molecule is Cc1ccc(C(O)c2cccc(N)c2)c(F)c1F. The molecule has 4 heteroatoms. The van der Waals surface area contributed by atoms with Crippen molar-refractivity contribution in [1.29, 1.82) is 0 Å². The van der Waals surface area contributed by atoms with E-state index in [9.17, 15) is 13.9 Å². The fourth-order valence-corrected chi connectivity index (χ4v) is 1.78. The number of aryl methyl sites for hydroxylation is 1. The van der Waals surface area contributed by atoms with Gasteiger partial charge in [0.15, 0.2) is 11.6 Å². The van der Waals surface area contributed by atoms with Crippen LogP contribution in [0.5, 0.6) is 0 Å². The quantitative estimate of drug-likeness (QED) is 0.804. The number of hydrogen-bond donors (Lipinski definition) is 2. The first kappa shape index (κ1) is 12.5. The van der Waals surface area contributed by atoms with Crippen LogP contribution in [-0.4, -0.2) is 5.11 Å². The van der Waals surface area contributed by atoms with Crippen LogP contribution in [0.4, 0.5) is 14.5 Å². The van der Waals surface area contributed by atoms with Crippen LogP contribution in [0, 0.1) is 18.6 Å². The van der Waals surface area contributed by atoms with Gasteiger partial charge >= 0.3 is 0 Å². The molecule has 0 saturated carbocycles. The molecule has 0 amide bonds. The number of nitrogen functional groups attached to an aromatic ring is 1. The molecule has 0 aliphatic rings. The highest BCUT2D eigenvalue weighted by Gasteiger charge is 2.19. The van der Waals surface area contributed by atoms with Gasteiger partial charge in [0.25, 0.3) is 0 Å². The van der Waals surface area contributed by atoms with Crippen LogP contribution in [0.1, 0.15) is 22.8 Å². The highest BCUT2D eigenvalue weighted by molar-refractivity contribution is 5.44. The lowest BCUT2D eigenvalue weighted by Gasteiger charge is -2.14. The Labute approximate surface area is 104 Å². The second kappa shape index (κ2) is 4.74. The van der Waals surface area contributed by atoms with Crippen LogP contribution in [0.25, 0.3) is 0 Å². The maximum atomic E-state index is 13.7. The Morgan fingerprint density at radius 2 is 1.83 bits per heavy atom. The van der Waals surface area contributed by atoms with Crippen molar-refractivity contribution in [2.24, 2.45) is 0 Å². The number of nitrogens with two attached hydrogens (primary N) is 1. The third-order valence-electron chi connectivity index (χ3n) is 2.83. The van der Waals surface area contributed by atoms with E-state index < -0.39 is 17.7 Å². The minimum Gasteiger partial charge on any atom is -0.399 e. The Balaban J connectivity index is 2.46. The molecule has 3 N–H and O–H groups in total. The first-order chi connectivity index (χ1) is 8.50. The summed E-state index contributed by atoms with van der Waals surface area (Å²) in [6, 6.07) is 9.25. The lowest BCUT2D eigenvalue weighted by atomic mass is 9.99. The zero-order valence-corrected chi connectivity index (χ0v) is 9.82. The molecule has 2 aromatic rings. The Morgan fingerprint density at radius 1 is 1.11 bits per heavy atom. The van der Waals surface area contributed by atoms with Crippen molar-refractivity contribution < 1.29 is 13.9 Å². The minimum atomic E-state index is -1.23. The average Bonchev–Trinajstić information content (AvgIpc) is 2.35. The predicted octanol–water partition coefficient (Wildman–Crippen LogP) is 2.94. The molecule has 0 bridgehead atoms. The van der Waals surface area contributed by atoms with E-state index >= 15 is 0 Å². The Kier molecular flexibility index (Phi) is 3.30. The summed E-state index contributed by atoms with van der Waals surface area (Å²) >= 11 is 0. The van der Waals surface area contributed by atoms with Crippen molar-refractivity contribution >= 4 is 5.69 Å². The van der Waals surface area contributed by atoms with E-state index in [1.54, 1.807) is 18.2 Å². The van der Waals surface area contributed by atoms with Crippen LogP contribution in [-0.2, 0) is 0 Å². The number of aliphatic hydroxyl groups is 1. The molecule has 0 spiro atoms. The van der Waals surface area contributed by atoms with Gasteiger partial charge in [0.05, 0.1) is 0 Å². The van der Waals surface area contributed by atoms with E-state index in [0.717, 1.165) is 0 Å². The average molecular weight is 249 g/mol. The number of hydrogen-bond acceptors (Lipinski definition) is 2. The van der Waals surface area contributed by atoms with Crippen molar-refractivity contribution in [2.75, 3.05) is 5.73 Å². The molecule has 1 atom stereocenters. The number of aliphatic hydroxyl groups excluding tert-OH is 1. The zero-order valence-electron chi connectivity index (χ0n) is 9.82. The molecule has 0 radical (unpaired) electrons. The summed E-state index contributed by atoms with van der Waals surface area (Å²) in [5, 5.41) is 10.1. The molecular formula is C14H13F2NO. The van der Waals surface area contributed by atoms with Gasteiger partial charge in [-0.2, -0.15) is 0 Å². The van der Waals surface area contributed by atoms with Gasteiger partial charge < -0.3 is 10.8 Å². The first-order valence-corrected chi connectivity index (χ1v) is 5.48. The molecule has 1 unspecified atom stereocenters. The zero-order chi connectivity index (χ0) is 13.3. The Bertz CT molecular complexity index is 584. The summed E-state index contributed by atoms with van der Waals surface area (Å²) in [6.07, 6.45) is -1.23. The fraction of sp³-hybridized carbons (Fsp3) is 0.143. The molecule has 2 rings (SSSR count). The van der Waals surface area contributed by atoms with E-state index in [0.29, 0.717) is 11.3 Å². The van der Waals surface area contributed by atoms with Gasteiger partial charge in [-0.3, -0.25) is 0 Å². The van der Waals surface area contributed by atoms with Gasteiger partial charge in [-0.1, -0.05) is 24.3 Å². The second-order valence-corrected chi connectivity index (χ2v) is 4.17. The van der Waals surface area contributed by atoms with Gasteiger partial charge in [-0.05, 0) is 30.2 Å². The molecule has 0 aliphatic heterocycles. The molecule has 0 aliphatic carbocycles. The van der Waals surface area contributed by atoms with Crippen molar-refractivity contribution in [2.45, 2.75) is 13.0 Å². The maximum absolute atomic E-state index is 13.7. The number of benzene rings is 2. The topological polar surface area (TPSA) is 46.2 Å². The van der Waals surface area contributed by atoms with E-state index in [1.807, 2.05) is 0 Å². The third kappa shape index (κ3) is 2.19. The van der Waals surface area contributed by atoms with Crippen LogP contribution in [0.3, 0.4) is 0 Å². The standard InChI is InChI=1S/C14H13F2NO/c1-8-5-6-11(13(16)12(8)15)14(18)9-3-2-4-10(17)7-9/h2-7,14,18H,17H2,1H3. The maximum Gasteiger partial charge on any atom is 0.165 e. The van der Waals surface area contributed by atoms with Crippen LogP contribution < -0.4 is 5.73 Å². The largest absolute Gasteiger partial charge is 0.399 e. The van der Waals surface area contributed by atoms with Crippen LogP contribution >= 0.6 is 0 Å². The summed E-state index contributed by atoms with van der Waals surface area (Å²) in [4.78, 5) is 0. The molecule has 18 heavy (non-hydrogen) atoms. The fourth-order valence-electron chi connectivity index (χ4n) is 1.78. The molecular weight excluding hydrogens is 236 g/mol. The Morgan fingerprint density at radius 3 is 2.50 bits per heavy atom. The van der Waals surface area contributed by atoms with Gasteiger partial charge in [0, 0.05) is 11.3 Å². The summed E-state index contributed by atoms with van der Waals surface area (Å²) in [6.45, 7) is 1.47. The smallest absolute Gasteiger partial charge is 0.165 e. The lowest BCUT2D eigenvalue weighted by Crippen LogP contribution is -2.05. The molecule has 0 saturated heterocycles. The summed E-state index contributed by atoms with van der Waals surface area (Å²) < 4.78 is 27.2.